The van der Waals surface area contributed by atoms with Crippen molar-refractivity contribution in [3.63, 3.8) is 0 Å². The van der Waals surface area contributed by atoms with Gasteiger partial charge in [-0.25, -0.2) is 0 Å². The Hall–Kier alpha value is -1.13. The van der Waals surface area contributed by atoms with Crippen molar-refractivity contribution in [3.05, 3.63) is 23.5 Å². The third kappa shape index (κ3) is 2.33. The van der Waals surface area contributed by atoms with Crippen molar-refractivity contribution in [2.45, 2.75) is 44.9 Å². The maximum atomic E-state index is 9.69. The first-order valence-electron chi connectivity index (χ1n) is 5.72. The second kappa shape index (κ2) is 4.80. The zero-order valence-corrected chi connectivity index (χ0v) is 9.52. The number of aromatic nitrogens is 1. The molecule has 1 aliphatic carbocycles. The highest BCUT2D eigenvalue weighted by Crippen LogP contribution is 2.26. The van der Waals surface area contributed by atoms with Gasteiger partial charge in [0.05, 0.1) is 11.8 Å². The van der Waals surface area contributed by atoms with Crippen LogP contribution in [0.2, 0.25) is 0 Å². The van der Waals surface area contributed by atoms with Crippen LogP contribution in [0, 0.1) is 6.92 Å². The van der Waals surface area contributed by atoms with Crippen LogP contribution in [0.3, 0.4) is 0 Å². The van der Waals surface area contributed by atoms with Crippen LogP contribution in [-0.4, -0.2) is 22.3 Å². The first kappa shape index (κ1) is 11.4. The molecule has 1 fully saturated rings. The Morgan fingerprint density at radius 1 is 1.50 bits per heavy atom. The van der Waals surface area contributed by atoms with Crippen LogP contribution >= 0.6 is 0 Å². The van der Waals surface area contributed by atoms with Crippen molar-refractivity contribution < 1.29 is 9.84 Å². The van der Waals surface area contributed by atoms with Gasteiger partial charge in [-0.3, -0.25) is 4.98 Å². The number of aliphatic hydroxyl groups excluding tert-OH is 1. The Morgan fingerprint density at radius 2 is 2.31 bits per heavy atom. The van der Waals surface area contributed by atoms with E-state index >= 15 is 0 Å². The van der Waals surface area contributed by atoms with Crippen LogP contribution in [0.15, 0.2) is 12.1 Å². The van der Waals surface area contributed by atoms with Gasteiger partial charge < -0.3 is 15.6 Å². The Balaban J connectivity index is 2.14. The summed E-state index contributed by atoms with van der Waals surface area (Å²) in [7, 11) is 0. The van der Waals surface area contributed by atoms with E-state index in [2.05, 4.69) is 4.98 Å². The molecule has 0 aromatic carbocycles. The molecular weight excluding hydrogens is 204 g/mol. The molecule has 2 atom stereocenters. The lowest BCUT2D eigenvalue weighted by Crippen LogP contribution is -2.26. The summed E-state index contributed by atoms with van der Waals surface area (Å²) in [6, 6.07) is 3.78. The summed E-state index contributed by atoms with van der Waals surface area (Å²) in [5, 5.41) is 9.69. The molecule has 2 unspecified atom stereocenters. The normalized spacial score (nSPS) is 24.7. The van der Waals surface area contributed by atoms with E-state index in [4.69, 9.17) is 10.5 Å². The Bertz CT molecular complexity index is 368. The quantitative estimate of drug-likeness (QED) is 0.804. The number of rotatable bonds is 3. The minimum absolute atomic E-state index is 0.102. The molecule has 3 N–H and O–H groups in total. The topological polar surface area (TPSA) is 68.4 Å². The van der Waals surface area contributed by atoms with Gasteiger partial charge >= 0.3 is 0 Å². The van der Waals surface area contributed by atoms with E-state index in [1.807, 2.05) is 19.1 Å². The standard InChI is InChI=1S/C12H18N2O2/c1-8-5-6-11(9(7-13)14-8)16-12-4-2-3-10(12)15/h5-6,10,12,15H,2-4,7,13H2,1H3. The maximum Gasteiger partial charge on any atom is 0.142 e. The number of pyridine rings is 1. The zero-order valence-electron chi connectivity index (χ0n) is 9.52. The highest BCUT2D eigenvalue weighted by molar-refractivity contribution is 5.29. The van der Waals surface area contributed by atoms with Gasteiger partial charge in [0.2, 0.25) is 0 Å². The summed E-state index contributed by atoms with van der Waals surface area (Å²) in [6.07, 6.45) is 2.28. The fraction of sp³-hybridized carbons (Fsp3) is 0.583. The summed E-state index contributed by atoms with van der Waals surface area (Å²) in [5.74, 6) is 0.707. The predicted molar refractivity (Wildman–Crippen MR) is 61.1 cm³/mol. The number of ether oxygens (including phenoxy) is 1. The molecule has 4 nitrogen and oxygen atoms in total. The molecule has 0 aliphatic heterocycles. The van der Waals surface area contributed by atoms with Crippen molar-refractivity contribution in [3.8, 4) is 5.75 Å². The lowest BCUT2D eigenvalue weighted by atomic mass is 10.2. The first-order chi connectivity index (χ1) is 7.70. The summed E-state index contributed by atoms with van der Waals surface area (Å²) in [5.41, 5.74) is 7.32. The van der Waals surface area contributed by atoms with E-state index in [9.17, 15) is 5.11 Å². The fourth-order valence-electron chi connectivity index (χ4n) is 2.06. The van der Waals surface area contributed by atoms with Gasteiger partial charge in [0.1, 0.15) is 11.9 Å². The zero-order chi connectivity index (χ0) is 11.5. The average molecular weight is 222 g/mol. The molecule has 0 saturated heterocycles. The molecule has 0 spiro atoms. The highest BCUT2D eigenvalue weighted by atomic mass is 16.5. The van der Waals surface area contributed by atoms with Gasteiger partial charge in [0.25, 0.3) is 0 Å². The number of hydrogen-bond donors (Lipinski definition) is 2. The Kier molecular flexibility index (Phi) is 3.41. The average Bonchev–Trinajstić information content (AvgIpc) is 2.67. The van der Waals surface area contributed by atoms with Crippen molar-refractivity contribution >= 4 is 0 Å². The Morgan fingerprint density at radius 3 is 2.94 bits per heavy atom. The molecule has 0 radical (unpaired) electrons. The number of nitrogens with zero attached hydrogens (tertiary/aromatic N) is 1. The number of hydrogen-bond acceptors (Lipinski definition) is 4. The number of aryl methyl sites for hydroxylation is 1. The van der Waals surface area contributed by atoms with E-state index in [0.29, 0.717) is 12.3 Å². The third-order valence-electron chi connectivity index (χ3n) is 2.96. The molecule has 1 heterocycles. The second-order valence-electron chi connectivity index (χ2n) is 4.26. The molecule has 1 saturated carbocycles. The minimum atomic E-state index is -0.355. The number of aliphatic hydroxyl groups is 1. The van der Waals surface area contributed by atoms with Gasteiger partial charge in [-0.05, 0) is 38.3 Å². The van der Waals surface area contributed by atoms with Crippen LogP contribution in [0.5, 0.6) is 5.75 Å². The van der Waals surface area contributed by atoms with Crippen molar-refractivity contribution in [2.75, 3.05) is 0 Å². The lowest BCUT2D eigenvalue weighted by Gasteiger charge is -2.18. The largest absolute Gasteiger partial charge is 0.486 e. The van der Waals surface area contributed by atoms with Gasteiger partial charge in [-0.15, -0.1) is 0 Å². The molecule has 4 heteroatoms. The van der Waals surface area contributed by atoms with Gasteiger partial charge in [0, 0.05) is 12.2 Å². The number of nitrogens with two attached hydrogens (primary N) is 1. The van der Waals surface area contributed by atoms with E-state index in [1.165, 1.54) is 0 Å². The molecule has 1 aliphatic rings. The highest BCUT2D eigenvalue weighted by Gasteiger charge is 2.27. The van der Waals surface area contributed by atoms with Gasteiger partial charge in [-0.1, -0.05) is 0 Å². The van der Waals surface area contributed by atoms with Gasteiger partial charge in [-0.2, -0.15) is 0 Å². The third-order valence-corrected chi connectivity index (χ3v) is 2.96. The smallest absolute Gasteiger partial charge is 0.142 e. The van der Waals surface area contributed by atoms with Crippen LogP contribution < -0.4 is 10.5 Å². The molecule has 1 aromatic rings. The molecule has 2 rings (SSSR count). The molecule has 0 bridgehead atoms. The predicted octanol–water partition coefficient (Wildman–Crippen LogP) is 1.14. The Labute approximate surface area is 95.4 Å². The molecule has 88 valence electrons. The van der Waals surface area contributed by atoms with Crippen molar-refractivity contribution in [2.24, 2.45) is 5.73 Å². The van der Waals surface area contributed by atoms with Crippen LogP contribution in [0.25, 0.3) is 0 Å². The monoisotopic (exact) mass is 222 g/mol. The lowest BCUT2D eigenvalue weighted by molar-refractivity contribution is 0.0595. The SMILES string of the molecule is Cc1ccc(OC2CCCC2O)c(CN)n1. The van der Waals surface area contributed by atoms with E-state index in [-0.39, 0.29) is 12.2 Å². The molecule has 16 heavy (non-hydrogen) atoms. The van der Waals surface area contributed by atoms with E-state index < -0.39 is 0 Å². The summed E-state index contributed by atoms with van der Waals surface area (Å²) >= 11 is 0. The first-order valence-corrected chi connectivity index (χ1v) is 5.72. The van der Waals surface area contributed by atoms with Crippen LogP contribution in [0.1, 0.15) is 30.7 Å². The van der Waals surface area contributed by atoms with Crippen LogP contribution in [0.4, 0.5) is 0 Å². The summed E-state index contributed by atoms with van der Waals surface area (Å²) < 4.78 is 5.77. The molecule has 0 amide bonds. The van der Waals surface area contributed by atoms with E-state index in [0.717, 1.165) is 30.7 Å². The fourth-order valence-corrected chi connectivity index (χ4v) is 2.06. The molecule has 1 aromatic heterocycles. The summed E-state index contributed by atoms with van der Waals surface area (Å²) in [4.78, 5) is 4.33. The maximum absolute atomic E-state index is 9.69. The van der Waals surface area contributed by atoms with Crippen molar-refractivity contribution in [1.29, 1.82) is 0 Å². The van der Waals surface area contributed by atoms with E-state index in [1.54, 1.807) is 0 Å². The van der Waals surface area contributed by atoms with Crippen LogP contribution in [-0.2, 0) is 6.54 Å². The minimum Gasteiger partial charge on any atom is -0.486 e. The second-order valence-corrected chi connectivity index (χ2v) is 4.26. The molecular formula is C12H18N2O2. The summed E-state index contributed by atoms with van der Waals surface area (Å²) in [6.45, 7) is 2.28. The van der Waals surface area contributed by atoms with Gasteiger partial charge in [0.15, 0.2) is 0 Å². The van der Waals surface area contributed by atoms with Crippen molar-refractivity contribution in [1.82, 2.24) is 4.98 Å².